The standard InChI is InChI=1S/C7H14N2/c1-7(2)9-6-4-5-8(9)3/h4-5,7H,6H2,1-3H3. The van der Waals surface area contributed by atoms with E-state index in [4.69, 9.17) is 0 Å². The molecular weight excluding hydrogens is 112 g/mol. The summed E-state index contributed by atoms with van der Waals surface area (Å²) in [5.74, 6) is 0. The fourth-order valence-electron chi connectivity index (χ4n) is 1.10. The highest BCUT2D eigenvalue weighted by Crippen LogP contribution is 2.07. The molecule has 0 unspecified atom stereocenters. The first-order chi connectivity index (χ1) is 4.22. The summed E-state index contributed by atoms with van der Waals surface area (Å²) in [4.78, 5) is 0. The van der Waals surface area contributed by atoms with Crippen LogP contribution in [0.15, 0.2) is 12.3 Å². The van der Waals surface area contributed by atoms with Crippen LogP contribution >= 0.6 is 0 Å². The van der Waals surface area contributed by atoms with Crippen LogP contribution in [-0.2, 0) is 0 Å². The van der Waals surface area contributed by atoms with Gasteiger partial charge in [-0.15, -0.1) is 0 Å². The largest absolute Gasteiger partial charge is 0.316 e. The van der Waals surface area contributed by atoms with Crippen molar-refractivity contribution < 1.29 is 0 Å². The summed E-state index contributed by atoms with van der Waals surface area (Å²) in [5.41, 5.74) is 0. The third-order valence-electron chi connectivity index (χ3n) is 1.61. The van der Waals surface area contributed by atoms with E-state index in [9.17, 15) is 0 Å². The first-order valence-corrected chi connectivity index (χ1v) is 3.38. The van der Waals surface area contributed by atoms with Crippen molar-refractivity contribution in [3.63, 3.8) is 0 Å². The zero-order chi connectivity index (χ0) is 6.85. The van der Waals surface area contributed by atoms with E-state index in [-0.39, 0.29) is 0 Å². The van der Waals surface area contributed by atoms with Crippen LogP contribution in [0.1, 0.15) is 13.8 Å². The van der Waals surface area contributed by atoms with Crippen molar-refractivity contribution in [1.29, 1.82) is 0 Å². The van der Waals surface area contributed by atoms with Crippen LogP contribution in [0, 0.1) is 0 Å². The molecule has 0 aromatic rings. The first kappa shape index (κ1) is 6.62. The zero-order valence-electron chi connectivity index (χ0n) is 6.33. The maximum absolute atomic E-state index is 2.29. The molecule has 0 aliphatic carbocycles. The van der Waals surface area contributed by atoms with Crippen molar-refractivity contribution in [1.82, 2.24) is 10.0 Å². The van der Waals surface area contributed by atoms with Crippen LogP contribution in [0.4, 0.5) is 0 Å². The molecule has 0 fully saturated rings. The predicted octanol–water partition coefficient (Wildman–Crippen LogP) is 1.07. The van der Waals surface area contributed by atoms with Gasteiger partial charge in [0.25, 0.3) is 0 Å². The molecule has 1 aliphatic heterocycles. The molecule has 0 bridgehead atoms. The highest BCUT2D eigenvalue weighted by atomic mass is 15.6. The predicted molar refractivity (Wildman–Crippen MR) is 38.7 cm³/mol. The molecule has 1 rings (SSSR count). The summed E-state index contributed by atoms with van der Waals surface area (Å²) in [6.07, 6.45) is 4.26. The Bertz CT molecular complexity index is 118. The number of rotatable bonds is 1. The van der Waals surface area contributed by atoms with Gasteiger partial charge in [0.1, 0.15) is 0 Å². The number of hydrogen-bond acceptors (Lipinski definition) is 2. The van der Waals surface area contributed by atoms with E-state index in [1.807, 2.05) is 0 Å². The van der Waals surface area contributed by atoms with Gasteiger partial charge in [-0.05, 0) is 13.8 Å². The van der Waals surface area contributed by atoms with E-state index < -0.39 is 0 Å². The van der Waals surface area contributed by atoms with Crippen molar-refractivity contribution >= 4 is 0 Å². The van der Waals surface area contributed by atoms with E-state index in [1.54, 1.807) is 0 Å². The van der Waals surface area contributed by atoms with Gasteiger partial charge in [0.15, 0.2) is 0 Å². The Labute approximate surface area is 56.7 Å². The number of hydrogen-bond donors (Lipinski definition) is 0. The van der Waals surface area contributed by atoms with Crippen molar-refractivity contribution in [2.75, 3.05) is 13.6 Å². The van der Waals surface area contributed by atoms with Crippen molar-refractivity contribution in [3.05, 3.63) is 12.3 Å². The lowest BCUT2D eigenvalue weighted by molar-refractivity contribution is 0.0454. The van der Waals surface area contributed by atoms with Gasteiger partial charge in [-0.25, -0.2) is 5.01 Å². The van der Waals surface area contributed by atoms with Crippen molar-refractivity contribution in [2.45, 2.75) is 19.9 Å². The fraction of sp³-hybridized carbons (Fsp3) is 0.714. The average molecular weight is 126 g/mol. The van der Waals surface area contributed by atoms with Gasteiger partial charge in [-0.3, -0.25) is 0 Å². The number of nitrogens with zero attached hydrogens (tertiary/aromatic N) is 2. The fourth-order valence-corrected chi connectivity index (χ4v) is 1.10. The van der Waals surface area contributed by atoms with Crippen molar-refractivity contribution in [3.8, 4) is 0 Å². The molecule has 0 radical (unpaired) electrons. The molecule has 0 N–H and O–H groups in total. The topological polar surface area (TPSA) is 6.48 Å². The summed E-state index contributed by atoms with van der Waals surface area (Å²) >= 11 is 0. The van der Waals surface area contributed by atoms with Crippen molar-refractivity contribution in [2.24, 2.45) is 0 Å². The Morgan fingerprint density at radius 2 is 2.11 bits per heavy atom. The second kappa shape index (κ2) is 2.40. The lowest BCUT2D eigenvalue weighted by atomic mass is 10.4. The second-order valence-corrected chi connectivity index (χ2v) is 2.67. The van der Waals surface area contributed by atoms with Crippen LogP contribution in [0.3, 0.4) is 0 Å². The quantitative estimate of drug-likeness (QED) is 0.518. The maximum atomic E-state index is 2.29. The summed E-state index contributed by atoms with van der Waals surface area (Å²) in [6, 6.07) is 0.616. The normalized spacial score (nSPS) is 20.2. The first-order valence-electron chi connectivity index (χ1n) is 3.38. The minimum absolute atomic E-state index is 0.616. The second-order valence-electron chi connectivity index (χ2n) is 2.67. The van der Waals surface area contributed by atoms with Gasteiger partial charge in [-0.2, -0.15) is 0 Å². The highest BCUT2D eigenvalue weighted by molar-refractivity contribution is 4.90. The van der Waals surface area contributed by atoms with Crippen LogP contribution in [0.2, 0.25) is 0 Å². The van der Waals surface area contributed by atoms with E-state index in [2.05, 4.69) is 43.2 Å². The van der Waals surface area contributed by atoms with E-state index in [1.165, 1.54) is 0 Å². The molecule has 1 aliphatic rings. The summed E-state index contributed by atoms with van der Waals surface area (Å²) in [6.45, 7) is 5.46. The average Bonchev–Trinajstić information content (AvgIpc) is 2.13. The molecule has 9 heavy (non-hydrogen) atoms. The van der Waals surface area contributed by atoms with Gasteiger partial charge >= 0.3 is 0 Å². The summed E-state index contributed by atoms with van der Waals surface area (Å²) in [5, 5.41) is 4.42. The Morgan fingerprint density at radius 3 is 2.33 bits per heavy atom. The number of hydrazine groups is 1. The lowest BCUT2D eigenvalue weighted by Crippen LogP contribution is -2.37. The molecule has 0 amide bonds. The molecule has 0 saturated heterocycles. The Hall–Kier alpha value is -0.500. The van der Waals surface area contributed by atoms with Gasteiger partial charge in [-0.1, -0.05) is 6.08 Å². The van der Waals surface area contributed by atoms with E-state index in [0.717, 1.165) is 6.54 Å². The molecule has 0 aromatic heterocycles. The van der Waals surface area contributed by atoms with Crippen LogP contribution in [-0.4, -0.2) is 29.7 Å². The smallest absolute Gasteiger partial charge is 0.0381 e. The Kier molecular flexibility index (Phi) is 1.76. The highest BCUT2D eigenvalue weighted by Gasteiger charge is 2.13. The molecule has 0 aromatic carbocycles. The van der Waals surface area contributed by atoms with Crippen LogP contribution < -0.4 is 0 Å². The Morgan fingerprint density at radius 1 is 1.44 bits per heavy atom. The maximum Gasteiger partial charge on any atom is 0.0381 e. The summed E-state index contributed by atoms with van der Waals surface area (Å²) in [7, 11) is 2.07. The molecule has 0 spiro atoms. The molecule has 0 saturated carbocycles. The van der Waals surface area contributed by atoms with Gasteiger partial charge in [0.05, 0.1) is 0 Å². The van der Waals surface area contributed by atoms with E-state index in [0.29, 0.717) is 6.04 Å². The molecule has 0 atom stereocenters. The summed E-state index contributed by atoms with van der Waals surface area (Å²) < 4.78 is 0. The molecule has 2 heteroatoms. The van der Waals surface area contributed by atoms with Gasteiger partial charge < -0.3 is 5.01 Å². The minimum atomic E-state index is 0.616. The van der Waals surface area contributed by atoms with E-state index >= 15 is 0 Å². The van der Waals surface area contributed by atoms with Gasteiger partial charge in [0.2, 0.25) is 0 Å². The third kappa shape index (κ3) is 1.24. The Balaban J connectivity index is 2.45. The van der Waals surface area contributed by atoms with Gasteiger partial charge in [0, 0.05) is 25.8 Å². The lowest BCUT2D eigenvalue weighted by Gasteiger charge is -2.28. The zero-order valence-corrected chi connectivity index (χ0v) is 6.33. The molecular formula is C7H14N2. The SMILES string of the molecule is CC(C)N1CC=CN1C. The van der Waals surface area contributed by atoms with Crippen LogP contribution in [0.25, 0.3) is 0 Å². The molecule has 52 valence electrons. The minimum Gasteiger partial charge on any atom is -0.316 e. The van der Waals surface area contributed by atoms with Crippen LogP contribution in [0.5, 0.6) is 0 Å². The molecule has 2 nitrogen and oxygen atoms in total. The third-order valence-corrected chi connectivity index (χ3v) is 1.61. The molecule has 1 heterocycles. The monoisotopic (exact) mass is 126 g/mol.